The van der Waals surface area contributed by atoms with Crippen molar-refractivity contribution in [1.29, 1.82) is 0 Å². The van der Waals surface area contributed by atoms with E-state index < -0.39 is 5.97 Å². The van der Waals surface area contributed by atoms with E-state index in [0.29, 0.717) is 11.3 Å². The minimum absolute atomic E-state index is 0.0224. The standard InChI is InChI=1S/C15H17N3O3/c1-9-8-12(13(16-9)15(20)21)17-14(19)10-4-6-11(7-5-10)18(2)3/h4-8,16H,1-3H3,(H,17,19)(H,20,21). The van der Waals surface area contributed by atoms with Gasteiger partial charge in [-0.1, -0.05) is 0 Å². The molecule has 21 heavy (non-hydrogen) atoms. The summed E-state index contributed by atoms with van der Waals surface area (Å²) in [6.45, 7) is 1.73. The molecule has 110 valence electrons. The molecule has 1 aromatic heterocycles. The molecule has 0 atom stereocenters. The lowest BCUT2D eigenvalue weighted by Gasteiger charge is -2.12. The highest BCUT2D eigenvalue weighted by molar-refractivity contribution is 6.07. The zero-order valence-electron chi connectivity index (χ0n) is 12.1. The Labute approximate surface area is 122 Å². The molecule has 1 amide bonds. The maximum Gasteiger partial charge on any atom is 0.354 e. The summed E-state index contributed by atoms with van der Waals surface area (Å²) in [6.07, 6.45) is 0. The Morgan fingerprint density at radius 3 is 2.33 bits per heavy atom. The van der Waals surface area contributed by atoms with Crippen LogP contribution in [-0.2, 0) is 0 Å². The minimum Gasteiger partial charge on any atom is -0.477 e. The third-order valence-corrected chi connectivity index (χ3v) is 3.06. The van der Waals surface area contributed by atoms with E-state index in [1.165, 1.54) is 0 Å². The molecule has 0 aliphatic rings. The van der Waals surface area contributed by atoms with Crippen LogP contribution in [0.15, 0.2) is 30.3 Å². The topological polar surface area (TPSA) is 85.4 Å². The average Bonchev–Trinajstić information content (AvgIpc) is 2.80. The van der Waals surface area contributed by atoms with Crippen LogP contribution in [0.3, 0.4) is 0 Å². The van der Waals surface area contributed by atoms with Gasteiger partial charge < -0.3 is 20.3 Å². The highest BCUT2D eigenvalue weighted by Gasteiger charge is 2.16. The monoisotopic (exact) mass is 287 g/mol. The van der Waals surface area contributed by atoms with Gasteiger partial charge in [0.15, 0.2) is 0 Å². The van der Waals surface area contributed by atoms with Crippen LogP contribution in [0.2, 0.25) is 0 Å². The van der Waals surface area contributed by atoms with E-state index in [9.17, 15) is 9.59 Å². The van der Waals surface area contributed by atoms with Gasteiger partial charge in [-0.3, -0.25) is 4.79 Å². The SMILES string of the molecule is Cc1cc(NC(=O)c2ccc(N(C)C)cc2)c(C(=O)O)[nH]1. The molecular weight excluding hydrogens is 270 g/mol. The van der Waals surface area contributed by atoms with Crippen LogP contribution < -0.4 is 10.2 Å². The Morgan fingerprint density at radius 2 is 1.81 bits per heavy atom. The van der Waals surface area contributed by atoms with Crippen LogP contribution in [-0.4, -0.2) is 36.1 Å². The average molecular weight is 287 g/mol. The molecule has 0 radical (unpaired) electrons. The number of aromatic carboxylic acids is 1. The van der Waals surface area contributed by atoms with Crippen LogP contribution in [0, 0.1) is 6.92 Å². The first-order valence-corrected chi connectivity index (χ1v) is 6.40. The second-order valence-corrected chi connectivity index (χ2v) is 4.94. The molecular formula is C15H17N3O3. The molecule has 0 spiro atoms. The Hall–Kier alpha value is -2.76. The molecule has 3 N–H and O–H groups in total. The Bertz CT molecular complexity index is 672. The van der Waals surface area contributed by atoms with Crippen molar-refractivity contribution in [2.45, 2.75) is 6.92 Å². The number of carbonyl (C=O) groups excluding carboxylic acids is 1. The highest BCUT2D eigenvalue weighted by Crippen LogP contribution is 2.19. The van der Waals surface area contributed by atoms with Crippen LogP contribution in [0.4, 0.5) is 11.4 Å². The lowest BCUT2D eigenvalue weighted by atomic mass is 10.2. The number of anilines is 2. The molecule has 6 nitrogen and oxygen atoms in total. The van der Waals surface area contributed by atoms with Gasteiger partial charge in [0.25, 0.3) is 5.91 Å². The Balaban J connectivity index is 2.20. The number of rotatable bonds is 4. The number of aryl methyl sites for hydroxylation is 1. The molecule has 0 fully saturated rings. The zero-order chi connectivity index (χ0) is 15.6. The van der Waals surface area contributed by atoms with Crippen LogP contribution in [0.25, 0.3) is 0 Å². The molecule has 1 aromatic carbocycles. The molecule has 0 unspecified atom stereocenters. The van der Waals surface area contributed by atoms with Gasteiger partial charge in [-0.15, -0.1) is 0 Å². The lowest BCUT2D eigenvalue weighted by molar-refractivity contribution is 0.0692. The highest BCUT2D eigenvalue weighted by atomic mass is 16.4. The number of nitrogens with zero attached hydrogens (tertiary/aromatic N) is 1. The summed E-state index contributed by atoms with van der Waals surface area (Å²) >= 11 is 0. The van der Waals surface area contributed by atoms with Crippen molar-refractivity contribution < 1.29 is 14.7 Å². The van der Waals surface area contributed by atoms with Crippen molar-refractivity contribution in [3.8, 4) is 0 Å². The van der Waals surface area contributed by atoms with Gasteiger partial charge in [0, 0.05) is 31.0 Å². The summed E-state index contributed by atoms with van der Waals surface area (Å²) < 4.78 is 0. The van der Waals surface area contributed by atoms with E-state index in [1.807, 2.05) is 31.1 Å². The Kier molecular flexibility index (Phi) is 3.98. The first-order chi connectivity index (χ1) is 9.88. The van der Waals surface area contributed by atoms with Crippen molar-refractivity contribution in [3.63, 3.8) is 0 Å². The van der Waals surface area contributed by atoms with E-state index in [2.05, 4.69) is 10.3 Å². The molecule has 0 aliphatic heterocycles. The number of hydrogen-bond donors (Lipinski definition) is 3. The van der Waals surface area contributed by atoms with Gasteiger partial charge in [-0.2, -0.15) is 0 Å². The maximum atomic E-state index is 12.1. The normalized spacial score (nSPS) is 10.2. The molecule has 6 heteroatoms. The predicted octanol–water partition coefficient (Wildman–Crippen LogP) is 2.34. The summed E-state index contributed by atoms with van der Waals surface area (Å²) in [6, 6.07) is 8.65. The molecule has 1 heterocycles. The smallest absolute Gasteiger partial charge is 0.354 e. The summed E-state index contributed by atoms with van der Waals surface area (Å²) in [7, 11) is 3.83. The number of aromatic amines is 1. The number of carbonyl (C=O) groups is 2. The van der Waals surface area contributed by atoms with E-state index in [-0.39, 0.29) is 17.3 Å². The molecule has 2 rings (SSSR count). The fourth-order valence-electron chi connectivity index (χ4n) is 1.96. The maximum absolute atomic E-state index is 12.1. The van der Waals surface area contributed by atoms with Crippen molar-refractivity contribution >= 4 is 23.3 Å². The van der Waals surface area contributed by atoms with Gasteiger partial charge in [0.2, 0.25) is 0 Å². The largest absolute Gasteiger partial charge is 0.477 e. The summed E-state index contributed by atoms with van der Waals surface area (Å²) in [5.41, 5.74) is 2.36. The number of H-pyrrole nitrogens is 1. The van der Waals surface area contributed by atoms with Gasteiger partial charge in [-0.25, -0.2) is 4.79 Å². The fourth-order valence-corrected chi connectivity index (χ4v) is 1.96. The van der Waals surface area contributed by atoms with Crippen LogP contribution in [0.5, 0.6) is 0 Å². The van der Waals surface area contributed by atoms with Gasteiger partial charge >= 0.3 is 5.97 Å². The second kappa shape index (κ2) is 5.70. The molecule has 2 aromatic rings. The van der Waals surface area contributed by atoms with E-state index in [4.69, 9.17) is 5.11 Å². The number of aromatic nitrogens is 1. The number of benzene rings is 1. The Morgan fingerprint density at radius 1 is 1.19 bits per heavy atom. The first kappa shape index (κ1) is 14.6. The lowest BCUT2D eigenvalue weighted by Crippen LogP contribution is -2.14. The number of carboxylic acids is 1. The molecule has 0 saturated carbocycles. The summed E-state index contributed by atoms with van der Waals surface area (Å²) in [5.74, 6) is -1.46. The fraction of sp³-hybridized carbons (Fsp3) is 0.200. The predicted molar refractivity (Wildman–Crippen MR) is 81.2 cm³/mol. The summed E-state index contributed by atoms with van der Waals surface area (Å²) in [5, 5.41) is 11.7. The zero-order valence-corrected chi connectivity index (χ0v) is 12.1. The van der Waals surface area contributed by atoms with E-state index in [1.54, 1.807) is 25.1 Å². The van der Waals surface area contributed by atoms with Gasteiger partial charge in [0.05, 0.1) is 5.69 Å². The minimum atomic E-state index is -1.11. The number of hydrogen-bond acceptors (Lipinski definition) is 3. The van der Waals surface area contributed by atoms with Crippen molar-refractivity contribution in [2.24, 2.45) is 0 Å². The van der Waals surface area contributed by atoms with Crippen molar-refractivity contribution in [3.05, 3.63) is 47.3 Å². The van der Waals surface area contributed by atoms with Crippen molar-refractivity contribution in [1.82, 2.24) is 4.98 Å². The summed E-state index contributed by atoms with van der Waals surface area (Å²) in [4.78, 5) is 27.9. The van der Waals surface area contributed by atoms with E-state index >= 15 is 0 Å². The first-order valence-electron chi connectivity index (χ1n) is 6.40. The van der Waals surface area contributed by atoms with Crippen molar-refractivity contribution in [2.75, 3.05) is 24.3 Å². The van der Waals surface area contributed by atoms with Gasteiger partial charge in [-0.05, 0) is 37.3 Å². The third kappa shape index (κ3) is 3.22. The molecule has 0 saturated heterocycles. The van der Waals surface area contributed by atoms with E-state index in [0.717, 1.165) is 5.69 Å². The van der Waals surface area contributed by atoms with Crippen LogP contribution in [0.1, 0.15) is 26.5 Å². The third-order valence-electron chi connectivity index (χ3n) is 3.06. The number of carboxylic acid groups (broad SMARTS) is 1. The van der Waals surface area contributed by atoms with Crippen LogP contribution >= 0.6 is 0 Å². The molecule has 0 aliphatic carbocycles. The van der Waals surface area contributed by atoms with Gasteiger partial charge in [0.1, 0.15) is 5.69 Å². The number of amides is 1. The second-order valence-electron chi connectivity index (χ2n) is 4.94. The quantitative estimate of drug-likeness (QED) is 0.805. The number of nitrogens with one attached hydrogen (secondary N) is 2. The molecule has 0 bridgehead atoms.